The van der Waals surface area contributed by atoms with Crippen molar-refractivity contribution in [1.29, 1.82) is 0 Å². The number of rotatable bonds is 9. The third-order valence-electron chi connectivity index (χ3n) is 4.09. The first kappa shape index (κ1) is 21.9. The highest BCUT2D eigenvalue weighted by atomic mass is 32.2. The molecule has 0 amide bonds. The van der Waals surface area contributed by atoms with Crippen molar-refractivity contribution < 1.29 is 16.8 Å². The van der Waals surface area contributed by atoms with Gasteiger partial charge in [0, 0.05) is 20.1 Å². The van der Waals surface area contributed by atoms with Crippen molar-refractivity contribution in [2.45, 2.75) is 18.7 Å². The fourth-order valence-electron chi connectivity index (χ4n) is 2.62. The molecule has 9 heteroatoms. The normalized spacial score (nSPS) is 12.4. The fourth-order valence-corrected chi connectivity index (χ4v) is 4.98. The minimum atomic E-state index is -3.84. The zero-order chi connectivity index (χ0) is 20.8. The summed E-state index contributed by atoms with van der Waals surface area (Å²) in [5.74, 6) is 0. The van der Waals surface area contributed by atoms with Crippen LogP contribution in [-0.4, -0.2) is 41.3 Å². The van der Waals surface area contributed by atoms with Gasteiger partial charge in [-0.1, -0.05) is 44.2 Å². The standard InChI is InChI=1S/C19H25N3O4S2/c1-4-22(5-2)28(25,26)17-11-12-18(20-3)19(15-17)21-27(23,24)14-13-16-9-7-6-8-10-16/h6-15,20-21H,4-5H2,1-3H3/b14-13+. The number of benzene rings is 2. The van der Waals surface area contributed by atoms with Gasteiger partial charge in [-0.25, -0.2) is 16.8 Å². The Balaban J connectivity index is 2.38. The number of anilines is 2. The Labute approximate surface area is 167 Å². The van der Waals surface area contributed by atoms with Crippen molar-refractivity contribution >= 4 is 37.5 Å². The molecule has 0 heterocycles. The van der Waals surface area contributed by atoms with Crippen molar-refractivity contribution in [3.8, 4) is 0 Å². The average Bonchev–Trinajstić information content (AvgIpc) is 2.67. The van der Waals surface area contributed by atoms with Crippen LogP contribution in [0.1, 0.15) is 19.4 Å². The van der Waals surface area contributed by atoms with Crippen LogP contribution < -0.4 is 10.0 Å². The van der Waals surface area contributed by atoms with Crippen LogP contribution in [0.5, 0.6) is 0 Å². The van der Waals surface area contributed by atoms with Crippen molar-refractivity contribution in [2.75, 3.05) is 30.2 Å². The van der Waals surface area contributed by atoms with E-state index in [0.717, 1.165) is 11.0 Å². The summed E-state index contributed by atoms with van der Waals surface area (Å²) >= 11 is 0. The number of sulfonamides is 2. The third kappa shape index (κ3) is 5.34. The van der Waals surface area contributed by atoms with E-state index in [-0.39, 0.29) is 10.6 Å². The lowest BCUT2D eigenvalue weighted by molar-refractivity contribution is 0.445. The summed E-state index contributed by atoms with van der Waals surface area (Å²) in [7, 11) is -5.91. The molecule has 0 radical (unpaired) electrons. The van der Waals surface area contributed by atoms with Crippen molar-refractivity contribution in [2.24, 2.45) is 0 Å². The molecule has 28 heavy (non-hydrogen) atoms. The molecular formula is C19H25N3O4S2. The van der Waals surface area contributed by atoms with Gasteiger partial charge in [0.2, 0.25) is 10.0 Å². The molecule has 0 aromatic heterocycles. The van der Waals surface area contributed by atoms with E-state index in [9.17, 15) is 16.8 Å². The predicted octanol–water partition coefficient (Wildman–Crippen LogP) is 3.17. The number of hydrogen-bond acceptors (Lipinski definition) is 5. The van der Waals surface area contributed by atoms with E-state index in [4.69, 9.17) is 0 Å². The van der Waals surface area contributed by atoms with E-state index in [1.807, 2.05) is 6.07 Å². The minimum absolute atomic E-state index is 0.0277. The second kappa shape index (κ2) is 9.22. The molecule has 0 unspecified atom stereocenters. The molecule has 2 rings (SSSR count). The molecule has 0 spiro atoms. The molecule has 0 fully saturated rings. The van der Waals surface area contributed by atoms with Crippen LogP contribution in [0.4, 0.5) is 11.4 Å². The van der Waals surface area contributed by atoms with Crippen LogP contribution in [0.3, 0.4) is 0 Å². The maximum absolute atomic E-state index is 12.7. The van der Waals surface area contributed by atoms with Gasteiger partial charge in [0.25, 0.3) is 10.0 Å². The Morgan fingerprint density at radius 2 is 1.57 bits per heavy atom. The van der Waals surface area contributed by atoms with Crippen LogP contribution in [0, 0.1) is 0 Å². The zero-order valence-electron chi connectivity index (χ0n) is 16.1. The quantitative estimate of drug-likeness (QED) is 0.646. The van der Waals surface area contributed by atoms with Gasteiger partial charge >= 0.3 is 0 Å². The molecule has 0 saturated carbocycles. The lowest BCUT2D eigenvalue weighted by atomic mass is 10.2. The van der Waals surface area contributed by atoms with Crippen molar-refractivity contribution in [3.05, 3.63) is 59.5 Å². The van der Waals surface area contributed by atoms with E-state index >= 15 is 0 Å². The van der Waals surface area contributed by atoms with E-state index in [1.165, 1.54) is 28.6 Å². The molecule has 0 aliphatic carbocycles. The average molecular weight is 424 g/mol. The summed E-state index contributed by atoms with van der Waals surface area (Å²) < 4.78 is 54.1. The maximum Gasteiger partial charge on any atom is 0.255 e. The SMILES string of the molecule is CCN(CC)S(=O)(=O)c1ccc(NC)c(NS(=O)(=O)/C=C/c2ccccc2)c1. The van der Waals surface area contributed by atoms with Gasteiger partial charge < -0.3 is 5.32 Å². The highest BCUT2D eigenvalue weighted by Crippen LogP contribution is 2.28. The second-order valence-corrected chi connectivity index (χ2v) is 9.41. The molecular weight excluding hydrogens is 398 g/mol. The van der Waals surface area contributed by atoms with Crippen molar-refractivity contribution in [1.82, 2.24) is 4.31 Å². The molecule has 0 aliphatic heterocycles. The third-order valence-corrected chi connectivity index (χ3v) is 7.14. The number of nitrogens with zero attached hydrogens (tertiary/aromatic N) is 1. The second-order valence-electron chi connectivity index (χ2n) is 5.91. The topological polar surface area (TPSA) is 95.6 Å². The smallest absolute Gasteiger partial charge is 0.255 e. The summed E-state index contributed by atoms with van der Waals surface area (Å²) in [6.45, 7) is 4.16. The molecule has 0 atom stereocenters. The fraction of sp³-hybridized carbons (Fsp3) is 0.263. The van der Waals surface area contributed by atoms with Crippen molar-refractivity contribution in [3.63, 3.8) is 0 Å². The Morgan fingerprint density at radius 3 is 2.14 bits per heavy atom. The Morgan fingerprint density at radius 1 is 0.929 bits per heavy atom. The van der Waals surface area contributed by atoms with Gasteiger partial charge in [-0.05, 0) is 29.8 Å². The van der Waals surface area contributed by atoms with E-state index in [2.05, 4.69) is 10.0 Å². The van der Waals surface area contributed by atoms with Gasteiger partial charge in [-0.15, -0.1) is 0 Å². The van der Waals surface area contributed by atoms with Crippen LogP contribution in [-0.2, 0) is 20.0 Å². The van der Waals surface area contributed by atoms with Crippen LogP contribution in [0.15, 0.2) is 58.8 Å². The molecule has 0 saturated heterocycles. The van der Waals surface area contributed by atoms with Crippen LogP contribution >= 0.6 is 0 Å². The summed E-state index contributed by atoms with van der Waals surface area (Å²) in [6, 6.07) is 13.3. The summed E-state index contributed by atoms with van der Waals surface area (Å²) in [5.41, 5.74) is 1.36. The largest absolute Gasteiger partial charge is 0.386 e. The maximum atomic E-state index is 12.7. The molecule has 2 aromatic rings. The first-order valence-electron chi connectivity index (χ1n) is 8.81. The summed E-state index contributed by atoms with van der Waals surface area (Å²) in [5, 5.41) is 3.92. The van der Waals surface area contributed by atoms with Crippen LogP contribution in [0.25, 0.3) is 6.08 Å². The molecule has 0 bridgehead atoms. The summed E-state index contributed by atoms with van der Waals surface area (Å²) in [6.07, 6.45) is 1.47. The summed E-state index contributed by atoms with van der Waals surface area (Å²) in [4.78, 5) is 0.0277. The first-order chi connectivity index (χ1) is 13.2. The monoisotopic (exact) mass is 423 g/mol. The molecule has 0 aliphatic rings. The lowest BCUT2D eigenvalue weighted by Gasteiger charge is -2.20. The Hall–Kier alpha value is -2.36. The highest BCUT2D eigenvalue weighted by Gasteiger charge is 2.23. The molecule has 2 aromatic carbocycles. The van der Waals surface area contributed by atoms with Gasteiger partial charge in [0.05, 0.1) is 21.7 Å². The van der Waals surface area contributed by atoms with E-state index in [1.54, 1.807) is 45.2 Å². The molecule has 2 N–H and O–H groups in total. The zero-order valence-corrected chi connectivity index (χ0v) is 17.7. The van der Waals surface area contributed by atoms with E-state index < -0.39 is 20.0 Å². The number of hydrogen-bond donors (Lipinski definition) is 2. The molecule has 7 nitrogen and oxygen atoms in total. The molecule has 152 valence electrons. The lowest BCUT2D eigenvalue weighted by Crippen LogP contribution is -2.30. The highest BCUT2D eigenvalue weighted by molar-refractivity contribution is 7.95. The van der Waals surface area contributed by atoms with Crippen LogP contribution in [0.2, 0.25) is 0 Å². The van der Waals surface area contributed by atoms with Gasteiger partial charge in [0.15, 0.2) is 0 Å². The minimum Gasteiger partial charge on any atom is -0.386 e. The Kier molecular flexibility index (Phi) is 7.22. The van der Waals surface area contributed by atoms with Gasteiger partial charge in [0.1, 0.15) is 0 Å². The predicted molar refractivity (Wildman–Crippen MR) is 114 cm³/mol. The first-order valence-corrected chi connectivity index (χ1v) is 11.8. The Bertz CT molecular complexity index is 1030. The van der Waals surface area contributed by atoms with E-state index in [0.29, 0.717) is 18.8 Å². The van der Waals surface area contributed by atoms with Gasteiger partial charge in [-0.3, -0.25) is 4.72 Å². The van der Waals surface area contributed by atoms with Gasteiger partial charge in [-0.2, -0.15) is 4.31 Å². The number of nitrogens with one attached hydrogen (secondary N) is 2.